The monoisotopic (exact) mass is 445 g/mol. The van der Waals surface area contributed by atoms with Gasteiger partial charge in [-0.1, -0.05) is 0 Å². The lowest BCUT2D eigenvalue weighted by molar-refractivity contribution is -0.116. The summed E-state index contributed by atoms with van der Waals surface area (Å²) in [6.07, 6.45) is 7.55. The van der Waals surface area contributed by atoms with Gasteiger partial charge in [0.2, 0.25) is 0 Å². The highest BCUT2D eigenvalue weighted by Gasteiger charge is 2.25. The largest absolute Gasteiger partial charge is 0.456 e. The van der Waals surface area contributed by atoms with Gasteiger partial charge in [0.05, 0.1) is 17.4 Å². The first-order chi connectivity index (χ1) is 15.9. The van der Waals surface area contributed by atoms with E-state index in [0.29, 0.717) is 34.3 Å². The molecule has 4 heterocycles. The van der Waals surface area contributed by atoms with Crippen LogP contribution in [0, 0.1) is 0 Å². The number of pyridine rings is 3. The third-order valence-corrected chi connectivity index (χ3v) is 5.55. The second-order valence-electron chi connectivity index (χ2n) is 8.36. The standard InChI is InChI=1S/C24H23N5O4/c1-14(30)8-17-10-18(6-7-25-17)32-19-11-20-22(26-12-19)27-24(29(20)3)33-21-9-16(15-4-5-15)13-28(2)23(21)31/h6-7,9-13,15H,4-5,8H2,1-3H3. The topological polar surface area (TPSA) is 101 Å². The smallest absolute Gasteiger partial charge is 0.304 e. The fourth-order valence-corrected chi connectivity index (χ4v) is 3.70. The number of aromatic nitrogens is 5. The van der Waals surface area contributed by atoms with Crippen LogP contribution in [0.5, 0.6) is 23.3 Å². The maximum absolute atomic E-state index is 12.6. The molecule has 0 spiro atoms. The number of nitrogens with zero attached hydrogens (tertiary/aromatic N) is 5. The predicted molar refractivity (Wildman–Crippen MR) is 121 cm³/mol. The van der Waals surface area contributed by atoms with Crippen molar-refractivity contribution < 1.29 is 14.3 Å². The number of imidazole rings is 1. The number of rotatable bonds is 7. The Bertz CT molecular complexity index is 1430. The zero-order chi connectivity index (χ0) is 23.1. The summed E-state index contributed by atoms with van der Waals surface area (Å²) >= 11 is 0. The Balaban J connectivity index is 1.43. The third kappa shape index (κ3) is 4.34. The summed E-state index contributed by atoms with van der Waals surface area (Å²) in [6, 6.07) is 7.32. The van der Waals surface area contributed by atoms with Gasteiger partial charge < -0.3 is 14.0 Å². The van der Waals surface area contributed by atoms with E-state index in [4.69, 9.17) is 9.47 Å². The van der Waals surface area contributed by atoms with E-state index in [1.807, 2.05) is 12.3 Å². The number of aryl methyl sites for hydroxylation is 2. The number of fused-ring (bicyclic) bond motifs is 1. The van der Waals surface area contributed by atoms with Crippen LogP contribution in [0.15, 0.2) is 47.7 Å². The van der Waals surface area contributed by atoms with Crippen molar-refractivity contribution in [1.82, 2.24) is 24.1 Å². The second kappa shape index (κ2) is 8.16. The molecular weight excluding hydrogens is 422 g/mol. The van der Waals surface area contributed by atoms with Crippen LogP contribution in [0.3, 0.4) is 0 Å². The van der Waals surface area contributed by atoms with Gasteiger partial charge in [0.1, 0.15) is 17.3 Å². The average molecular weight is 445 g/mol. The molecule has 1 aliphatic carbocycles. The van der Waals surface area contributed by atoms with Crippen LogP contribution < -0.4 is 15.0 Å². The Morgan fingerprint density at radius 2 is 1.94 bits per heavy atom. The van der Waals surface area contributed by atoms with E-state index in [1.165, 1.54) is 6.92 Å². The summed E-state index contributed by atoms with van der Waals surface area (Å²) < 4.78 is 15.1. The molecule has 9 heteroatoms. The number of hydrogen-bond donors (Lipinski definition) is 0. The normalized spacial score (nSPS) is 13.3. The van der Waals surface area contributed by atoms with Gasteiger partial charge in [-0.2, -0.15) is 4.98 Å². The lowest BCUT2D eigenvalue weighted by atomic mass is 10.2. The highest BCUT2D eigenvalue weighted by molar-refractivity contribution is 5.77. The zero-order valence-corrected chi connectivity index (χ0v) is 18.6. The van der Waals surface area contributed by atoms with Gasteiger partial charge in [-0.05, 0) is 43.4 Å². The quantitative estimate of drug-likeness (QED) is 0.428. The van der Waals surface area contributed by atoms with Crippen LogP contribution in [0.4, 0.5) is 0 Å². The minimum atomic E-state index is -0.220. The zero-order valence-electron chi connectivity index (χ0n) is 18.6. The molecular formula is C24H23N5O4. The first kappa shape index (κ1) is 20.9. The van der Waals surface area contributed by atoms with Crippen molar-refractivity contribution >= 4 is 16.9 Å². The van der Waals surface area contributed by atoms with E-state index in [9.17, 15) is 9.59 Å². The van der Waals surface area contributed by atoms with Crippen molar-refractivity contribution in [3.63, 3.8) is 0 Å². The molecule has 0 N–H and O–H groups in total. The van der Waals surface area contributed by atoms with Crippen LogP contribution in [0.25, 0.3) is 11.2 Å². The van der Waals surface area contributed by atoms with E-state index in [-0.39, 0.29) is 29.5 Å². The highest BCUT2D eigenvalue weighted by Crippen LogP contribution is 2.40. The van der Waals surface area contributed by atoms with Gasteiger partial charge in [0.25, 0.3) is 5.56 Å². The molecule has 0 radical (unpaired) electrons. The second-order valence-corrected chi connectivity index (χ2v) is 8.36. The molecule has 1 aliphatic rings. The summed E-state index contributed by atoms with van der Waals surface area (Å²) in [4.78, 5) is 37.0. The first-order valence-corrected chi connectivity index (χ1v) is 10.7. The molecule has 4 aromatic rings. The Hall–Kier alpha value is -4.01. The Kier molecular flexibility index (Phi) is 5.16. The molecule has 1 saturated carbocycles. The maximum Gasteiger partial charge on any atom is 0.304 e. The van der Waals surface area contributed by atoms with Gasteiger partial charge in [-0.15, -0.1) is 0 Å². The van der Waals surface area contributed by atoms with Crippen molar-refractivity contribution in [3.8, 4) is 23.3 Å². The number of carbonyl (C=O) groups is 1. The lowest BCUT2D eigenvalue weighted by Crippen LogP contribution is -2.18. The van der Waals surface area contributed by atoms with Crippen LogP contribution >= 0.6 is 0 Å². The molecule has 4 aromatic heterocycles. The molecule has 0 saturated heterocycles. The minimum Gasteiger partial charge on any atom is -0.456 e. The molecule has 5 rings (SSSR count). The molecule has 0 amide bonds. The van der Waals surface area contributed by atoms with Gasteiger partial charge in [-0.25, -0.2) is 4.98 Å². The molecule has 0 aliphatic heterocycles. The van der Waals surface area contributed by atoms with E-state index < -0.39 is 0 Å². The van der Waals surface area contributed by atoms with Crippen LogP contribution in [0.2, 0.25) is 0 Å². The summed E-state index contributed by atoms with van der Waals surface area (Å²) in [6.45, 7) is 1.52. The van der Waals surface area contributed by atoms with Crippen LogP contribution in [0.1, 0.15) is 36.9 Å². The summed E-state index contributed by atoms with van der Waals surface area (Å²) in [5.74, 6) is 1.82. The molecule has 0 aromatic carbocycles. The van der Waals surface area contributed by atoms with Gasteiger partial charge in [0.15, 0.2) is 11.4 Å². The molecule has 33 heavy (non-hydrogen) atoms. The lowest BCUT2D eigenvalue weighted by Gasteiger charge is -2.09. The maximum atomic E-state index is 12.6. The van der Waals surface area contributed by atoms with Crippen LogP contribution in [-0.2, 0) is 25.3 Å². The first-order valence-electron chi connectivity index (χ1n) is 10.7. The van der Waals surface area contributed by atoms with E-state index in [1.54, 1.807) is 53.8 Å². The Morgan fingerprint density at radius 1 is 1.12 bits per heavy atom. The SMILES string of the molecule is CC(=O)Cc1cc(Oc2cnc3nc(Oc4cc(C5CC5)cn(C)c4=O)n(C)c3c2)ccn1. The molecule has 9 nitrogen and oxygen atoms in total. The Morgan fingerprint density at radius 3 is 2.70 bits per heavy atom. The minimum absolute atomic E-state index is 0.0302. The van der Waals surface area contributed by atoms with Gasteiger partial charge in [0, 0.05) is 45.0 Å². The van der Waals surface area contributed by atoms with Crippen molar-refractivity contribution in [2.24, 2.45) is 14.1 Å². The van der Waals surface area contributed by atoms with Crippen LogP contribution in [-0.4, -0.2) is 29.9 Å². The highest BCUT2D eigenvalue weighted by atomic mass is 16.5. The number of hydrogen-bond acceptors (Lipinski definition) is 7. The third-order valence-electron chi connectivity index (χ3n) is 5.55. The van der Waals surface area contributed by atoms with Crippen molar-refractivity contribution in [2.75, 3.05) is 0 Å². The van der Waals surface area contributed by atoms with Gasteiger partial charge >= 0.3 is 6.01 Å². The van der Waals surface area contributed by atoms with E-state index >= 15 is 0 Å². The summed E-state index contributed by atoms with van der Waals surface area (Å²) in [7, 11) is 3.52. The van der Waals surface area contributed by atoms with Crippen molar-refractivity contribution in [1.29, 1.82) is 0 Å². The predicted octanol–water partition coefficient (Wildman–Crippen LogP) is 3.66. The number of carbonyl (C=O) groups excluding carboxylic acids is 1. The van der Waals surface area contributed by atoms with Gasteiger partial charge in [-0.3, -0.25) is 19.1 Å². The molecule has 0 atom stereocenters. The summed E-state index contributed by atoms with van der Waals surface area (Å²) in [5, 5.41) is 0. The summed E-state index contributed by atoms with van der Waals surface area (Å²) in [5.41, 5.74) is 2.68. The molecule has 1 fully saturated rings. The fourth-order valence-electron chi connectivity index (χ4n) is 3.70. The number of ketones is 1. The number of ether oxygens (including phenoxy) is 2. The molecule has 0 bridgehead atoms. The number of Topliss-reactive ketones (excluding diaryl/α,β-unsaturated/α-hetero) is 1. The average Bonchev–Trinajstić information content (AvgIpc) is 3.57. The molecule has 0 unspecified atom stereocenters. The van der Waals surface area contributed by atoms with E-state index in [0.717, 1.165) is 18.4 Å². The molecule has 168 valence electrons. The Labute approximate surface area is 189 Å². The van der Waals surface area contributed by atoms with Crippen molar-refractivity contribution in [2.45, 2.75) is 32.1 Å². The van der Waals surface area contributed by atoms with Crippen molar-refractivity contribution in [3.05, 3.63) is 64.5 Å². The fraction of sp³-hybridized carbons (Fsp3) is 0.292. The van der Waals surface area contributed by atoms with E-state index in [2.05, 4.69) is 15.0 Å².